The summed E-state index contributed by atoms with van der Waals surface area (Å²) in [5.74, 6) is 0.785. The first-order valence-electron chi connectivity index (χ1n) is 8.16. The molecule has 0 aromatic carbocycles. The smallest absolute Gasteiger partial charge is 0.294 e. The summed E-state index contributed by atoms with van der Waals surface area (Å²) in [6.45, 7) is 5.04. The van der Waals surface area contributed by atoms with Gasteiger partial charge in [0.2, 0.25) is 0 Å². The van der Waals surface area contributed by atoms with E-state index in [0.717, 1.165) is 35.5 Å². The summed E-state index contributed by atoms with van der Waals surface area (Å²) in [7, 11) is 0. The molecule has 2 aromatic rings. The Kier molecular flexibility index (Phi) is 3.81. The molecule has 1 aliphatic heterocycles. The third-order valence-corrected chi connectivity index (χ3v) is 4.96. The summed E-state index contributed by atoms with van der Waals surface area (Å²) < 4.78 is 7.10. The highest BCUT2D eigenvalue weighted by Crippen LogP contribution is 2.39. The first-order chi connectivity index (χ1) is 11.5. The first kappa shape index (κ1) is 15.6. The number of ether oxygens (including phenoxy) is 1. The summed E-state index contributed by atoms with van der Waals surface area (Å²) in [6.07, 6.45) is 3.94. The van der Waals surface area contributed by atoms with E-state index >= 15 is 0 Å². The molecule has 2 aromatic heterocycles. The van der Waals surface area contributed by atoms with Crippen LogP contribution in [0.4, 0.5) is 11.5 Å². The SMILES string of the molecule is Cc1nc2c(cc1Nc1nc(Cl)cn([C@H](C)C3CC3)c1=O)COC2. The van der Waals surface area contributed by atoms with E-state index in [2.05, 4.69) is 22.2 Å². The van der Waals surface area contributed by atoms with Crippen molar-refractivity contribution in [2.75, 3.05) is 5.32 Å². The van der Waals surface area contributed by atoms with E-state index in [1.807, 2.05) is 13.0 Å². The molecule has 24 heavy (non-hydrogen) atoms. The second-order valence-electron chi connectivity index (χ2n) is 6.55. The van der Waals surface area contributed by atoms with Gasteiger partial charge in [-0.15, -0.1) is 0 Å². The Bertz CT molecular complexity index is 860. The monoisotopic (exact) mass is 346 g/mol. The van der Waals surface area contributed by atoms with Crippen molar-refractivity contribution in [2.45, 2.75) is 45.9 Å². The summed E-state index contributed by atoms with van der Waals surface area (Å²) in [5, 5.41) is 3.42. The van der Waals surface area contributed by atoms with Crippen molar-refractivity contribution >= 4 is 23.1 Å². The molecule has 1 N–H and O–H groups in total. The molecule has 0 saturated heterocycles. The largest absolute Gasteiger partial charge is 0.370 e. The number of aromatic nitrogens is 3. The number of nitrogens with one attached hydrogen (secondary N) is 1. The zero-order valence-corrected chi connectivity index (χ0v) is 14.4. The lowest BCUT2D eigenvalue weighted by Crippen LogP contribution is -2.27. The number of anilines is 2. The molecule has 2 aliphatic rings. The lowest BCUT2D eigenvalue weighted by Gasteiger charge is -2.16. The number of hydrogen-bond acceptors (Lipinski definition) is 5. The molecule has 6 nitrogen and oxygen atoms in total. The number of rotatable bonds is 4. The number of hydrogen-bond donors (Lipinski definition) is 1. The van der Waals surface area contributed by atoms with E-state index in [-0.39, 0.29) is 17.4 Å². The van der Waals surface area contributed by atoms with Crippen molar-refractivity contribution < 1.29 is 4.74 Å². The van der Waals surface area contributed by atoms with Crippen molar-refractivity contribution in [3.63, 3.8) is 0 Å². The summed E-state index contributed by atoms with van der Waals surface area (Å²) >= 11 is 6.14. The summed E-state index contributed by atoms with van der Waals surface area (Å²) in [5.41, 5.74) is 3.41. The lowest BCUT2D eigenvalue weighted by atomic mass is 10.2. The maximum atomic E-state index is 12.8. The molecule has 1 saturated carbocycles. The Morgan fingerprint density at radius 2 is 2.17 bits per heavy atom. The van der Waals surface area contributed by atoms with Crippen LogP contribution in [0.15, 0.2) is 17.1 Å². The van der Waals surface area contributed by atoms with Gasteiger partial charge in [-0.3, -0.25) is 9.78 Å². The molecule has 3 heterocycles. The van der Waals surface area contributed by atoms with Gasteiger partial charge in [-0.25, -0.2) is 4.98 Å². The van der Waals surface area contributed by atoms with Gasteiger partial charge in [0.15, 0.2) is 5.82 Å². The van der Waals surface area contributed by atoms with Crippen LogP contribution in [0.5, 0.6) is 0 Å². The molecule has 1 atom stereocenters. The predicted molar refractivity (Wildman–Crippen MR) is 91.7 cm³/mol. The van der Waals surface area contributed by atoms with E-state index < -0.39 is 0 Å². The van der Waals surface area contributed by atoms with Gasteiger partial charge in [-0.1, -0.05) is 11.6 Å². The van der Waals surface area contributed by atoms with Crippen LogP contribution in [0.25, 0.3) is 0 Å². The minimum atomic E-state index is -0.157. The van der Waals surface area contributed by atoms with Gasteiger partial charge in [0, 0.05) is 17.8 Å². The normalized spacial score (nSPS) is 17.6. The zero-order valence-electron chi connectivity index (χ0n) is 13.7. The van der Waals surface area contributed by atoms with Gasteiger partial charge < -0.3 is 14.6 Å². The molecule has 0 unspecified atom stereocenters. The molecule has 7 heteroatoms. The van der Waals surface area contributed by atoms with E-state index in [9.17, 15) is 4.79 Å². The number of halogens is 1. The van der Waals surface area contributed by atoms with Crippen molar-refractivity contribution in [1.82, 2.24) is 14.5 Å². The first-order valence-corrected chi connectivity index (χ1v) is 8.53. The highest BCUT2D eigenvalue weighted by Gasteiger charge is 2.30. The average Bonchev–Trinajstić information content (AvgIpc) is 3.30. The van der Waals surface area contributed by atoms with Crippen LogP contribution < -0.4 is 10.9 Å². The fourth-order valence-electron chi connectivity index (χ4n) is 3.13. The van der Waals surface area contributed by atoms with E-state index in [4.69, 9.17) is 16.3 Å². The zero-order chi connectivity index (χ0) is 16.8. The van der Waals surface area contributed by atoms with Gasteiger partial charge in [-0.2, -0.15) is 0 Å². The summed E-state index contributed by atoms with van der Waals surface area (Å²) in [4.78, 5) is 21.5. The second kappa shape index (κ2) is 5.86. The highest BCUT2D eigenvalue weighted by atomic mass is 35.5. The Labute approximate surface area is 144 Å². The molecule has 0 radical (unpaired) electrons. The van der Waals surface area contributed by atoms with E-state index in [1.54, 1.807) is 10.8 Å². The number of aryl methyl sites for hydroxylation is 1. The minimum Gasteiger partial charge on any atom is -0.370 e. The standard InChI is InChI=1S/C17H19ClN4O2/c1-9-13(5-12-7-24-8-14(12)19-9)20-16-17(23)22(6-15(18)21-16)10(2)11-3-4-11/h5-6,10-11H,3-4,7-8H2,1-2H3,(H,20,21)/t10-/m1/s1. The Morgan fingerprint density at radius 3 is 2.92 bits per heavy atom. The van der Waals surface area contributed by atoms with Crippen LogP contribution in [-0.2, 0) is 18.0 Å². The van der Waals surface area contributed by atoms with Crippen LogP contribution in [0, 0.1) is 12.8 Å². The predicted octanol–water partition coefficient (Wildman–Crippen LogP) is 3.34. The van der Waals surface area contributed by atoms with Gasteiger partial charge in [-0.05, 0) is 38.7 Å². The van der Waals surface area contributed by atoms with Gasteiger partial charge in [0.05, 0.1) is 30.3 Å². The Balaban J connectivity index is 1.71. The van der Waals surface area contributed by atoms with E-state index in [1.165, 1.54) is 0 Å². The van der Waals surface area contributed by atoms with Crippen molar-refractivity contribution in [1.29, 1.82) is 0 Å². The van der Waals surface area contributed by atoms with Crippen LogP contribution in [-0.4, -0.2) is 14.5 Å². The number of nitrogens with zero attached hydrogens (tertiary/aromatic N) is 3. The van der Waals surface area contributed by atoms with E-state index in [0.29, 0.717) is 24.3 Å². The molecule has 0 spiro atoms. The maximum absolute atomic E-state index is 12.8. The molecule has 0 amide bonds. The van der Waals surface area contributed by atoms with Crippen LogP contribution in [0.1, 0.15) is 42.8 Å². The molecular weight excluding hydrogens is 328 g/mol. The third-order valence-electron chi connectivity index (χ3n) is 4.78. The highest BCUT2D eigenvalue weighted by molar-refractivity contribution is 6.29. The molecule has 126 valence electrons. The second-order valence-corrected chi connectivity index (χ2v) is 6.93. The van der Waals surface area contributed by atoms with Gasteiger partial charge in [0.25, 0.3) is 5.56 Å². The average molecular weight is 347 g/mol. The van der Waals surface area contributed by atoms with Gasteiger partial charge >= 0.3 is 0 Å². The van der Waals surface area contributed by atoms with Crippen LogP contribution in [0.2, 0.25) is 5.15 Å². The Morgan fingerprint density at radius 1 is 1.38 bits per heavy atom. The minimum absolute atomic E-state index is 0.131. The molecule has 0 bridgehead atoms. The lowest BCUT2D eigenvalue weighted by molar-refractivity contribution is 0.133. The summed E-state index contributed by atoms with van der Waals surface area (Å²) in [6, 6.07) is 2.10. The fraction of sp³-hybridized carbons (Fsp3) is 0.471. The molecule has 1 aliphatic carbocycles. The number of pyridine rings is 1. The topological polar surface area (TPSA) is 69.0 Å². The fourth-order valence-corrected chi connectivity index (χ4v) is 3.32. The third kappa shape index (κ3) is 2.80. The van der Waals surface area contributed by atoms with Gasteiger partial charge in [0.1, 0.15) is 5.15 Å². The molecule has 1 fully saturated rings. The quantitative estimate of drug-likeness (QED) is 0.919. The maximum Gasteiger partial charge on any atom is 0.294 e. The van der Waals surface area contributed by atoms with Crippen LogP contribution >= 0.6 is 11.6 Å². The van der Waals surface area contributed by atoms with Crippen LogP contribution in [0.3, 0.4) is 0 Å². The molecule has 4 rings (SSSR count). The Hall–Kier alpha value is -1.92. The van der Waals surface area contributed by atoms with Crippen molar-refractivity contribution in [2.24, 2.45) is 5.92 Å². The van der Waals surface area contributed by atoms with Crippen molar-refractivity contribution in [3.8, 4) is 0 Å². The van der Waals surface area contributed by atoms with Crippen molar-refractivity contribution in [3.05, 3.63) is 44.7 Å². The molecular formula is C17H19ClN4O2. The number of fused-ring (bicyclic) bond motifs is 1.